The molecular weight excluding hydrogens is 410 g/mol. The van der Waals surface area contributed by atoms with Crippen molar-refractivity contribution in [3.63, 3.8) is 0 Å². The average Bonchev–Trinajstić information content (AvgIpc) is 3.35. The van der Waals surface area contributed by atoms with E-state index in [0.29, 0.717) is 35.1 Å². The topological polar surface area (TPSA) is 66.2 Å². The number of hydrogen-bond donors (Lipinski definition) is 0. The molecule has 0 N–H and O–H groups in total. The van der Waals surface area contributed by atoms with Crippen molar-refractivity contribution >= 4 is 40.1 Å². The Hall–Kier alpha value is -2.90. The maximum absolute atomic E-state index is 11.8. The predicted molar refractivity (Wildman–Crippen MR) is 113 cm³/mol. The van der Waals surface area contributed by atoms with Crippen LogP contribution in [-0.2, 0) is 17.9 Å². The lowest BCUT2D eigenvalue weighted by Crippen LogP contribution is -2.07. The number of pyridine rings is 1. The smallest absolute Gasteiger partial charge is 0.356 e. The lowest BCUT2D eigenvalue weighted by Gasteiger charge is -2.11. The second-order valence-electron chi connectivity index (χ2n) is 6.40. The summed E-state index contributed by atoms with van der Waals surface area (Å²) in [4.78, 5) is 21.9. The van der Waals surface area contributed by atoms with Crippen molar-refractivity contribution in [2.24, 2.45) is 0 Å². The van der Waals surface area contributed by atoms with E-state index in [1.807, 2.05) is 47.2 Å². The van der Waals surface area contributed by atoms with Crippen LogP contribution in [0.2, 0.25) is 5.02 Å². The first kappa shape index (κ1) is 19.4. The normalized spacial score (nSPS) is 11.0. The maximum Gasteiger partial charge on any atom is 0.356 e. The molecule has 4 rings (SSSR count). The number of benzene rings is 1. The minimum atomic E-state index is -0.484. The van der Waals surface area contributed by atoms with Gasteiger partial charge < -0.3 is 14.0 Å². The number of aromatic nitrogens is 3. The molecule has 29 heavy (non-hydrogen) atoms. The van der Waals surface area contributed by atoms with Gasteiger partial charge in [-0.2, -0.15) is 0 Å². The third-order valence-corrected chi connectivity index (χ3v) is 5.69. The summed E-state index contributed by atoms with van der Waals surface area (Å²) >= 11 is 8.16. The lowest BCUT2D eigenvalue weighted by atomic mass is 10.2. The SMILES string of the molecule is COC(=O)c1ccc2nc(C)n(Cc3ccc(OCc4cccs4)cc3Cl)c2n1. The zero-order valence-electron chi connectivity index (χ0n) is 15.9. The lowest BCUT2D eigenvalue weighted by molar-refractivity contribution is 0.0594. The number of imidazole rings is 1. The van der Waals surface area contributed by atoms with Gasteiger partial charge in [-0.1, -0.05) is 23.7 Å². The molecule has 148 valence electrons. The van der Waals surface area contributed by atoms with Gasteiger partial charge in [-0.3, -0.25) is 0 Å². The number of aryl methyl sites for hydroxylation is 1. The summed E-state index contributed by atoms with van der Waals surface area (Å²) in [5.41, 5.74) is 2.47. The van der Waals surface area contributed by atoms with Crippen LogP contribution in [-0.4, -0.2) is 27.6 Å². The van der Waals surface area contributed by atoms with Crippen LogP contribution >= 0.6 is 22.9 Å². The summed E-state index contributed by atoms with van der Waals surface area (Å²) in [7, 11) is 1.33. The average molecular weight is 428 g/mol. The van der Waals surface area contributed by atoms with Crippen LogP contribution in [0.15, 0.2) is 47.8 Å². The van der Waals surface area contributed by atoms with Gasteiger partial charge in [0, 0.05) is 9.90 Å². The molecule has 0 aliphatic carbocycles. The molecule has 0 unspecified atom stereocenters. The van der Waals surface area contributed by atoms with Crippen molar-refractivity contribution in [3.8, 4) is 5.75 Å². The largest absolute Gasteiger partial charge is 0.488 e. The number of halogens is 1. The van der Waals surface area contributed by atoms with Gasteiger partial charge in [0.15, 0.2) is 11.3 Å². The van der Waals surface area contributed by atoms with E-state index in [4.69, 9.17) is 21.1 Å². The molecule has 8 heteroatoms. The Kier molecular flexibility index (Phi) is 5.51. The minimum absolute atomic E-state index is 0.240. The first-order chi connectivity index (χ1) is 14.0. The van der Waals surface area contributed by atoms with Crippen LogP contribution in [0.5, 0.6) is 5.75 Å². The highest BCUT2D eigenvalue weighted by molar-refractivity contribution is 7.09. The molecule has 4 aromatic rings. The third kappa shape index (κ3) is 4.11. The van der Waals surface area contributed by atoms with Gasteiger partial charge in [-0.15, -0.1) is 11.3 Å². The van der Waals surface area contributed by atoms with E-state index in [2.05, 4.69) is 9.97 Å². The number of rotatable bonds is 6. The monoisotopic (exact) mass is 427 g/mol. The van der Waals surface area contributed by atoms with Gasteiger partial charge in [-0.25, -0.2) is 14.8 Å². The van der Waals surface area contributed by atoms with Crippen LogP contribution in [0.3, 0.4) is 0 Å². The molecule has 0 aliphatic heterocycles. The quantitative estimate of drug-likeness (QED) is 0.411. The van der Waals surface area contributed by atoms with Crippen LogP contribution in [0.1, 0.15) is 26.8 Å². The molecule has 0 saturated heterocycles. The van der Waals surface area contributed by atoms with Crippen LogP contribution in [0.4, 0.5) is 0 Å². The van der Waals surface area contributed by atoms with E-state index in [1.165, 1.54) is 7.11 Å². The number of esters is 1. The molecule has 0 spiro atoms. The Morgan fingerprint density at radius 1 is 1.21 bits per heavy atom. The number of methoxy groups -OCH3 is 1. The van der Waals surface area contributed by atoms with Crippen molar-refractivity contribution < 1.29 is 14.3 Å². The van der Waals surface area contributed by atoms with Crippen LogP contribution in [0, 0.1) is 6.92 Å². The van der Waals surface area contributed by atoms with E-state index >= 15 is 0 Å². The van der Waals surface area contributed by atoms with Crippen molar-refractivity contribution in [2.45, 2.75) is 20.1 Å². The van der Waals surface area contributed by atoms with Gasteiger partial charge in [0.2, 0.25) is 0 Å². The zero-order chi connectivity index (χ0) is 20.4. The molecule has 1 aromatic carbocycles. The van der Waals surface area contributed by atoms with Gasteiger partial charge in [0.25, 0.3) is 0 Å². The Morgan fingerprint density at radius 2 is 2.07 bits per heavy atom. The molecule has 0 radical (unpaired) electrons. The number of carbonyl (C=O) groups excluding carboxylic acids is 1. The molecular formula is C21H18ClN3O3S. The van der Waals surface area contributed by atoms with Crippen LogP contribution < -0.4 is 4.74 Å². The number of hydrogen-bond acceptors (Lipinski definition) is 6. The first-order valence-corrected chi connectivity index (χ1v) is 10.2. The molecule has 0 saturated carbocycles. The second kappa shape index (κ2) is 8.23. The summed E-state index contributed by atoms with van der Waals surface area (Å²) in [6, 6.07) is 13.0. The van der Waals surface area contributed by atoms with Crippen molar-refractivity contribution in [2.75, 3.05) is 7.11 Å². The van der Waals surface area contributed by atoms with E-state index in [9.17, 15) is 4.79 Å². The van der Waals surface area contributed by atoms with E-state index in [1.54, 1.807) is 23.5 Å². The number of carbonyl (C=O) groups is 1. The standard InChI is InChI=1S/C21H18ClN3O3S/c1-13-23-18-7-8-19(21(26)27-2)24-20(18)25(13)11-14-5-6-15(10-17(14)22)28-12-16-4-3-9-29-16/h3-10H,11-12H2,1-2H3. The molecule has 0 bridgehead atoms. The van der Waals surface area contributed by atoms with Crippen molar-refractivity contribution in [3.05, 3.63) is 74.8 Å². The summed E-state index contributed by atoms with van der Waals surface area (Å²) in [6.07, 6.45) is 0. The fourth-order valence-corrected chi connectivity index (χ4v) is 3.83. The molecule has 0 fully saturated rings. The van der Waals surface area contributed by atoms with Crippen molar-refractivity contribution in [1.29, 1.82) is 0 Å². The molecule has 0 aliphatic rings. The van der Waals surface area contributed by atoms with Gasteiger partial charge in [0.05, 0.1) is 13.7 Å². The van der Waals surface area contributed by atoms with Gasteiger partial charge >= 0.3 is 5.97 Å². The Bertz CT molecular complexity index is 1170. The fraction of sp³-hybridized carbons (Fsp3) is 0.190. The Balaban J connectivity index is 1.59. The first-order valence-electron chi connectivity index (χ1n) is 8.91. The highest BCUT2D eigenvalue weighted by Gasteiger charge is 2.15. The molecule has 3 aromatic heterocycles. The highest BCUT2D eigenvalue weighted by atomic mass is 35.5. The number of nitrogens with zero attached hydrogens (tertiary/aromatic N) is 3. The van der Waals surface area contributed by atoms with Crippen molar-refractivity contribution in [1.82, 2.24) is 14.5 Å². The zero-order valence-corrected chi connectivity index (χ0v) is 17.5. The van der Waals surface area contributed by atoms with Gasteiger partial charge in [-0.05, 0) is 48.2 Å². The summed E-state index contributed by atoms with van der Waals surface area (Å²) < 4.78 is 12.5. The van der Waals surface area contributed by atoms with Crippen LogP contribution in [0.25, 0.3) is 11.2 Å². The molecule has 3 heterocycles. The second-order valence-corrected chi connectivity index (χ2v) is 7.84. The Labute approximate surface area is 176 Å². The summed E-state index contributed by atoms with van der Waals surface area (Å²) in [6.45, 7) is 2.88. The number of thiophene rings is 1. The Morgan fingerprint density at radius 3 is 2.79 bits per heavy atom. The number of ether oxygens (including phenoxy) is 2. The molecule has 0 atom stereocenters. The summed E-state index contributed by atoms with van der Waals surface area (Å²) in [5.74, 6) is 1.01. The predicted octanol–water partition coefficient (Wildman–Crippen LogP) is 4.87. The van der Waals surface area contributed by atoms with E-state index in [-0.39, 0.29) is 5.69 Å². The fourth-order valence-electron chi connectivity index (χ4n) is 2.99. The summed E-state index contributed by atoms with van der Waals surface area (Å²) in [5, 5.41) is 2.62. The molecule has 0 amide bonds. The number of fused-ring (bicyclic) bond motifs is 1. The third-order valence-electron chi connectivity index (χ3n) is 4.49. The molecule has 6 nitrogen and oxygen atoms in total. The van der Waals surface area contributed by atoms with Gasteiger partial charge in [0.1, 0.15) is 23.7 Å². The maximum atomic E-state index is 11.8. The van der Waals surface area contributed by atoms with E-state index in [0.717, 1.165) is 16.3 Å². The highest BCUT2D eigenvalue weighted by Crippen LogP contribution is 2.26. The minimum Gasteiger partial charge on any atom is -0.488 e. The van der Waals surface area contributed by atoms with E-state index < -0.39 is 5.97 Å².